The second-order valence-electron chi connectivity index (χ2n) is 3.99. The predicted molar refractivity (Wildman–Crippen MR) is 76.9 cm³/mol. The van der Waals surface area contributed by atoms with Crippen molar-refractivity contribution in [3.05, 3.63) is 58.6 Å². The Morgan fingerprint density at radius 2 is 2.00 bits per heavy atom. The van der Waals surface area contributed by atoms with Gasteiger partial charge in [-0.05, 0) is 37.3 Å². The van der Waals surface area contributed by atoms with Gasteiger partial charge in [-0.2, -0.15) is 0 Å². The predicted octanol–water partition coefficient (Wildman–Crippen LogP) is 3.55. The average Bonchev–Trinajstić information content (AvgIpc) is 2.42. The van der Waals surface area contributed by atoms with Crippen LogP contribution in [0.3, 0.4) is 0 Å². The Labute approximate surface area is 117 Å². The lowest BCUT2D eigenvalue weighted by molar-refractivity contribution is 0.103. The van der Waals surface area contributed by atoms with Gasteiger partial charge < -0.3 is 10.5 Å². The van der Waals surface area contributed by atoms with Crippen LogP contribution < -0.4 is 10.5 Å². The number of anilines is 1. The van der Waals surface area contributed by atoms with E-state index in [4.69, 9.17) is 22.1 Å². The third-order valence-corrected chi connectivity index (χ3v) is 3.02. The summed E-state index contributed by atoms with van der Waals surface area (Å²) >= 11 is 5.94. The van der Waals surface area contributed by atoms with E-state index in [0.29, 0.717) is 34.2 Å². The summed E-state index contributed by atoms with van der Waals surface area (Å²) in [5, 5.41) is 0.375. The highest BCUT2D eigenvalue weighted by molar-refractivity contribution is 6.33. The van der Waals surface area contributed by atoms with Gasteiger partial charge in [-0.15, -0.1) is 0 Å². The number of ketones is 1. The van der Waals surface area contributed by atoms with E-state index in [1.807, 2.05) is 13.0 Å². The Morgan fingerprint density at radius 1 is 1.26 bits per heavy atom. The van der Waals surface area contributed by atoms with E-state index in [2.05, 4.69) is 0 Å². The van der Waals surface area contributed by atoms with Gasteiger partial charge in [0.25, 0.3) is 0 Å². The van der Waals surface area contributed by atoms with Gasteiger partial charge in [0.2, 0.25) is 0 Å². The molecule has 0 aliphatic rings. The average molecular weight is 276 g/mol. The molecule has 0 aliphatic carbocycles. The molecule has 2 rings (SSSR count). The number of para-hydroxylation sites is 1. The zero-order valence-electron chi connectivity index (χ0n) is 10.5. The number of ether oxygens (including phenoxy) is 1. The van der Waals surface area contributed by atoms with Crippen LogP contribution in [0.4, 0.5) is 5.69 Å². The Bertz CT molecular complexity index is 611. The number of hydrogen-bond acceptors (Lipinski definition) is 3. The van der Waals surface area contributed by atoms with Crippen molar-refractivity contribution in [2.24, 2.45) is 0 Å². The van der Waals surface area contributed by atoms with Gasteiger partial charge in [0.1, 0.15) is 5.75 Å². The lowest BCUT2D eigenvalue weighted by Gasteiger charge is -2.09. The Morgan fingerprint density at radius 3 is 2.68 bits per heavy atom. The van der Waals surface area contributed by atoms with Crippen LogP contribution in [0.15, 0.2) is 42.5 Å². The minimum atomic E-state index is -0.133. The fourth-order valence-corrected chi connectivity index (χ4v) is 1.94. The molecule has 0 spiro atoms. The topological polar surface area (TPSA) is 52.3 Å². The van der Waals surface area contributed by atoms with E-state index in [0.717, 1.165) is 0 Å². The molecule has 4 heteroatoms. The summed E-state index contributed by atoms with van der Waals surface area (Å²) < 4.78 is 5.46. The molecule has 2 aromatic rings. The summed E-state index contributed by atoms with van der Waals surface area (Å²) in [6.45, 7) is 2.38. The standard InChI is InChI=1S/C15H14ClNO2/c1-2-19-14-6-4-3-5-11(14)15(18)10-7-8-13(17)12(16)9-10/h3-9H,2,17H2,1H3. The van der Waals surface area contributed by atoms with Crippen LogP contribution in [-0.2, 0) is 0 Å². The van der Waals surface area contributed by atoms with E-state index < -0.39 is 0 Å². The lowest BCUT2D eigenvalue weighted by atomic mass is 10.0. The first kappa shape index (κ1) is 13.4. The normalized spacial score (nSPS) is 10.2. The minimum Gasteiger partial charge on any atom is -0.493 e. The molecule has 19 heavy (non-hydrogen) atoms. The van der Waals surface area contributed by atoms with Crippen molar-refractivity contribution >= 4 is 23.1 Å². The Kier molecular flexibility index (Phi) is 4.07. The molecule has 0 fully saturated rings. The second kappa shape index (κ2) is 5.76. The molecule has 0 atom stereocenters. The quantitative estimate of drug-likeness (QED) is 0.686. The third kappa shape index (κ3) is 2.88. The van der Waals surface area contributed by atoms with Crippen LogP contribution in [-0.4, -0.2) is 12.4 Å². The van der Waals surface area contributed by atoms with E-state index in [1.54, 1.807) is 36.4 Å². The number of carbonyl (C=O) groups excluding carboxylic acids is 1. The number of halogens is 1. The zero-order chi connectivity index (χ0) is 13.8. The maximum Gasteiger partial charge on any atom is 0.196 e. The molecule has 2 N–H and O–H groups in total. The SMILES string of the molecule is CCOc1ccccc1C(=O)c1ccc(N)c(Cl)c1. The summed E-state index contributed by atoms with van der Waals surface area (Å²) in [5.41, 5.74) is 7.10. The second-order valence-corrected chi connectivity index (χ2v) is 4.40. The number of hydrogen-bond donors (Lipinski definition) is 1. The van der Waals surface area contributed by atoms with Crippen LogP contribution in [0.2, 0.25) is 5.02 Å². The first-order valence-corrected chi connectivity index (χ1v) is 6.33. The number of nitrogens with two attached hydrogens (primary N) is 1. The Balaban J connectivity index is 2.41. The molecule has 0 aromatic heterocycles. The summed E-state index contributed by atoms with van der Waals surface area (Å²) in [6, 6.07) is 12.0. The summed E-state index contributed by atoms with van der Waals surface area (Å²) in [7, 11) is 0. The highest BCUT2D eigenvalue weighted by atomic mass is 35.5. The molecule has 0 saturated heterocycles. The Hall–Kier alpha value is -2.00. The monoisotopic (exact) mass is 275 g/mol. The molecular formula is C15H14ClNO2. The molecule has 2 aromatic carbocycles. The van der Waals surface area contributed by atoms with Gasteiger partial charge >= 0.3 is 0 Å². The molecule has 0 amide bonds. The van der Waals surface area contributed by atoms with Crippen LogP contribution >= 0.6 is 11.6 Å². The largest absolute Gasteiger partial charge is 0.493 e. The number of benzene rings is 2. The van der Waals surface area contributed by atoms with Crippen LogP contribution in [0.1, 0.15) is 22.8 Å². The maximum absolute atomic E-state index is 12.4. The smallest absolute Gasteiger partial charge is 0.196 e. The molecule has 3 nitrogen and oxygen atoms in total. The molecule has 98 valence electrons. The first-order chi connectivity index (χ1) is 9.13. The van der Waals surface area contributed by atoms with Crippen LogP contribution in [0.5, 0.6) is 5.75 Å². The van der Waals surface area contributed by atoms with E-state index in [-0.39, 0.29) is 5.78 Å². The van der Waals surface area contributed by atoms with Crippen molar-refractivity contribution in [3.8, 4) is 5.75 Å². The number of nitrogen functional groups attached to an aromatic ring is 1. The fraction of sp³-hybridized carbons (Fsp3) is 0.133. The van der Waals surface area contributed by atoms with Gasteiger partial charge in [-0.1, -0.05) is 23.7 Å². The molecule has 0 saturated carbocycles. The highest BCUT2D eigenvalue weighted by Crippen LogP contribution is 2.25. The van der Waals surface area contributed by atoms with Crippen molar-refractivity contribution < 1.29 is 9.53 Å². The van der Waals surface area contributed by atoms with Crippen molar-refractivity contribution in [2.75, 3.05) is 12.3 Å². The molecule has 0 heterocycles. The summed E-state index contributed by atoms with van der Waals surface area (Å²) in [4.78, 5) is 12.4. The zero-order valence-corrected chi connectivity index (χ0v) is 11.3. The third-order valence-electron chi connectivity index (χ3n) is 2.69. The van der Waals surface area contributed by atoms with Crippen molar-refractivity contribution in [3.63, 3.8) is 0 Å². The number of carbonyl (C=O) groups is 1. The van der Waals surface area contributed by atoms with Gasteiger partial charge in [-0.25, -0.2) is 0 Å². The van der Waals surface area contributed by atoms with Gasteiger partial charge in [0, 0.05) is 5.56 Å². The van der Waals surface area contributed by atoms with E-state index >= 15 is 0 Å². The maximum atomic E-state index is 12.4. The summed E-state index contributed by atoms with van der Waals surface area (Å²) in [6.07, 6.45) is 0. The van der Waals surface area contributed by atoms with E-state index in [1.165, 1.54) is 0 Å². The van der Waals surface area contributed by atoms with Gasteiger partial charge in [0.05, 0.1) is 22.9 Å². The van der Waals surface area contributed by atoms with Crippen LogP contribution in [0, 0.1) is 0 Å². The molecule has 0 radical (unpaired) electrons. The van der Waals surface area contributed by atoms with Crippen LogP contribution in [0.25, 0.3) is 0 Å². The number of rotatable bonds is 4. The highest BCUT2D eigenvalue weighted by Gasteiger charge is 2.15. The van der Waals surface area contributed by atoms with Gasteiger partial charge in [0.15, 0.2) is 5.78 Å². The summed E-state index contributed by atoms with van der Waals surface area (Å²) in [5.74, 6) is 0.439. The molecule has 0 bridgehead atoms. The van der Waals surface area contributed by atoms with Crippen molar-refractivity contribution in [2.45, 2.75) is 6.92 Å². The van der Waals surface area contributed by atoms with Crippen molar-refractivity contribution in [1.29, 1.82) is 0 Å². The van der Waals surface area contributed by atoms with Gasteiger partial charge in [-0.3, -0.25) is 4.79 Å². The molecule has 0 unspecified atom stereocenters. The lowest BCUT2D eigenvalue weighted by Crippen LogP contribution is -2.05. The molecule has 0 aliphatic heterocycles. The minimum absolute atomic E-state index is 0.133. The fourth-order valence-electron chi connectivity index (χ4n) is 1.76. The molecular weight excluding hydrogens is 262 g/mol. The first-order valence-electron chi connectivity index (χ1n) is 5.95. The van der Waals surface area contributed by atoms with Crippen molar-refractivity contribution in [1.82, 2.24) is 0 Å². The van der Waals surface area contributed by atoms with E-state index in [9.17, 15) is 4.79 Å².